The predicted octanol–water partition coefficient (Wildman–Crippen LogP) is 5.01. The van der Waals surface area contributed by atoms with E-state index in [0.29, 0.717) is 12.8 Å². The molecule has 10 heteroatoms. The van der Waals surface area contributed by atoms with E-state index in [2.05, 4.69) is 17.0 Å². The van der Waals surface area contributed by atoms with E-state index in [9.17, 15) is 0 Å². The standard InChI is InChI=1S/C16H17N3OS6/c17-3-1-7-21-13-14(22-8-2-4-18)26-16(25-13)15-23-11-9-19(5-6-20)10-12(11)24-15/h20H,1-2,5-10H2. The van der Waals surface area contributed by atoms with Crippen LogP contribution in [0.5, 0.6) is 0 Å². The SMILES string of the molecule is N#CCCSC1=C(SCCC#N)SC(=C2SC3=C(CN(CCO)C3)S2)S1. The number of rotatable bonds is 8. The van der Waals surface area contributed by atoms with Gasteiger partial charge in [-0.15, -0.1) is 23.5 Å². The minimum atomic E-state index is 0.214. The Bertz CT molecular complexity index is 679. The molecule has 3 aliphatic heterocycles. The molecular weight excluding hydrogens is 443 g/mol. The van der Waals surface area contributed by atoms with Gasteiger partial charge in [0.2, 0.25) is 0 Å². The van der Waals surface area contributed by atoms with Gasteiger partial charge in [0.05, 0.1) is 35.7 Å². The summed E-state index contributed by atoms with van der Waals surface area (Å²) in [6, 6.07) is 4.42. The van der Waals surface area contributed by atoms with E-state index in [1.54, 1.807) is 23.5 Å². The van der Waals surface area contributed by atoms with Crippen LogP contribution in [-0.4, -0.2) is 47.8 Å². The van der Waals surface area contributed by atoms with E-state index in [1.807, 2.05) is 47.0 Å². The number of aliphatic hydroxyl groups excluding tert-OH is 1. The molecule has 0 saturated heterocycles. The van der Waals surface area contributed by atoms with Crippen molar-refractivity contribution in [1.82, 2.24) is 4.90 Å². The first kappa shape index (κ1) is 20.9. The van der Waals surface area contributed by atoms with Crippen LogP contribution in [0.15, 0.2) is 26.8 Å². The smallest absolute Gasteiger partial charge is 0.0717 e. The lowest BCUT2D eigenvalue weighted by atomic mass is 10.5. The Balaban J connectivity index is 1.61. The van der Waals surface area contributed by atoms with Gasteiger partial charge in [0.25, 0.3) is 0 Å². The molecule has 3 aliphatic rings. The quantitative estimate of drug-likeness (QED) is 0.501. The summed E-state index contributed by atoms with van der Waals surface area (Å²) in [5.74, 6) is 1.63. The highest BCUT2D eigenvalue weighted by atomic mass is 32.3. The van der Waals surface area contributed by atoms with Gasteiger partial charge in [-0.1, -0.05) is 47.0 Å². The minimum absolute atomic E-state index is 0.214. The summed E-state index contributed by atoms with van der Waals surface area (Å²) in [4.78, 5) is 5.14. The van der Waals surface area contributed by atoms with Gasteiger partial charge in [-0.05, 0) is 0 Å². The van der Waals surface area contributed by atoms with Crippen LogP contribution >= 0.6 is 70.6 Å². The largest absolute Gasteiger partial charge is 0.395 e. The molecule has 3 heterocycles. The number of aliphatic hydroxyl groups is 1. The van der Waals surface area contributed by atoms with Crippen LogP contribution in [0.4, 0.5) is 0 Å². The third-order valence-electron chi connectivity index (χ3n) is 3.49. The molecule has 0 amide bonds. The molecule has 138 valence electrons. The van der Waals surface area contributed by atoms with Crippen LogP contribution in [0.3, 0.4) is 0 Å². The highest BCUT2D eigenvalue weighted by Crippen LogP contribution is 2.64. The Labute approximate surface area is 179 Å². The summed E-state index contributed by atoms with van der Waals surface area (Å²) in [7, 11) is 0. The second-order valence-electron chi connectivity index (χ2n) is 5.35. The van der Waals surface area contributed by atoms with E-state index in [-0.39, 0.29) is 6.61 Å². The van der Waals surface area contributed by atoms with Crippen molar-refractivity contribution < 1.29 is 5.11 Å². The van der Waals surface area contributed by atoms with Gasteiger partial charge in [-0.3, -0.25) is 4.90 Å². The number of β-amino-alcohol motifs (C(OH)–C–C–N with tert-alkyl or cyclic N) is 1. The van der Waals surface area contributed by atoms with Gasteiger partial charge in [0.1, 0.15) is 0 Å². The third-order valence-corrected chi connectivity index (χ3v) is 12.2. The number of hydrogen-bond donors (Lipinski definition) is 1. The molecule has 0 aliphatic carbocycles. The first-order chi connectivity index (χ1) is 12.7. The Morgan fingerprint density at radius 1 is 0.885 bits per heavy atom. The van der Waals surface area contributed by atoms with Gasteiger partial charge >= 0.3 is 0 Å². The first-order valence-corrected chi connectivity index (χ1v) is 13.2. The maximum atomic E-state index is 9.11. The summed E-state index contributed by atoms with van der Waals surface area (Å²) in [6.07, 6.45) is 1.11. The molecular formula is C16H17N3OS6. The van der Waals surface area contributed by atoms with E-state index in [1.165, 1.54) is 26.8 Å². The van der Waals surface area contributed by atoms with Crippen molar-refractivity contribution in [2.24, 2.45) is 0 Å². The Hall–Kier alpha value is 0.220. The molecule has 0 saturated carbocycles. The second kappa shape index (κ2) is 10.7. The van der Waals surface area contributed by atoms with Crippen molar-refractivity contribution in [3.63, 3.8) is 0 Å². The van der Waals surface area contributed by atoms with Crippen molar-refractivity contribution in [1.29, 1.82) is 10.5 Å². The van der Waals surface area contributed by atoms with Crippen LogP contribution in [0.1, 0.15) is 12.8 Å². The molecule has 1 N–H and O–H groups in total. The Morgan fingerprint density at radius 3 is 1.85 bits per heavy atom. The van der Waals surface area contributed by atoms with Gasteiger partial charge in [-0.2, -0.15) is 10.5 Å². The molecule has 0 aromatic heterocycles. The van der Waals surface area contributed by atoms with Gasteiger partial charge in [-0.25, -0.2) is 0 Å². The average molecular weight is 460 g/mol. The number of hydrogen-bond acceptors (Lipinski definition) is 10. The van der Waals surface area contributed by atoms with Crippen LogP contribution in [0.2, 0.25) is 0 Å². The summed E-state index contributed by atoms with van der Waals surface area (Å²) >= 11 is 10.9. The third kappa shape index (κ3) is 5.39. The molecule has 0 aromatic rings. The number of thioether (sulfide) groups is 6. The number of nitrogens with zero attached hydrogens (tertiary/aromatic N) is 3. The van der Waals surface area contributed by atoms with E-state index >= 15 is 0 Å². The van der Waals surface area contributed by atoms with Crippen molar-refractivity contribution in [3.8, 4) is 12.1 Å². The zero-order valence-electron chi connectivity index (χ0n) is 13.9. The van der Waals surface area contributed by atoms with Crippen molar-refractivity contribution >= 4 is 70.6 Å². The molecule has 0 fully saturated rings. The molecule has 0 spiro atoms. The molecule has 0 atom stereocenters. The molecule has 3 rings (SSSR count). The fourth-order valence-electron chi connectivity index (χ4n) is 2.36. The van der Waals surface area contributed by atoms with E-state index in [4.69, 9.17) is 15.6 Å². The summed E-state index contributed by atoms with van der Waals surface area (Å²) in [5, 5.41) is 26.7. The second-order valence-corrected chi connectivity index (χ2v) is 12.8. The van der Waals surface area contributed by atoms with Crippen LogP contribution in [0.25, 0.3) is 0 Å². The van der Waals surface area contributed by atoms with E-state index in [0.717, 1.165) is 31.1 Å². The molecule has 4 nitrogen and oxygen atoms in total. The first-order valence-electron chi connectivity index (χ1n) is 7.99. The predicted molar refractivity (Wildman–Crippen MR) is 120 cm³/mol. The molecule has 0 unspecified atom stereocenters. The fourth-order valence-corrected chi connectivity index (χ4v) is 11.2. The number of nitriles is 2. The van der Waals surface area contributed by atoms with Crippen LogP contribution in [-0.2, 0) is 0 Å². The maximum absolute atomic E-state index is 9.11. The van der Waals surface area contributed by atoms with Crippen LogP contribution < -0.4 is 0 Å². The van der Waals surface area contributed by atoms with Crippen molar-refractivity contribution in [2.75, 3.05) is 37.7 Å². The molecule has 26 heavy (non-hydrogen) atoms. The highest BCUT2D eigenvalue weighted by Gasteiger charge is 2.34. The summed E-state index contributed by atoms with van der Waals surface area (Å²) in [6.45, 7) is 2.85. The van der Waals surface area contributed by atoms with Crippen molar-refractivity contribution in [2.45, 2.75) is 12.8 Å². The lowest BCUT2D eigenvalue weighted by Gasteiger charge is -2.16. The van der Waals surface area contributed by atoms with Crippen molar-refractivity contribution in [3.05, 3.63) is 26.8 Å². The van der Waals surface area contributed by atoms with Gasteiger partial charge < -0.3 is 5.11 Å². The molecule has 0 aromatic carbocycles. The average Bonchev–Trinajstić information content (AvgIpc) is 3.29. The minimum Gasteiger partial charge on any atom is -0.395 e. The molecule has 0 bridgehead atoms. The Kier molecular flexibility index (Phi) is 8.60. The maximum Gasteiger partial charge on any atom is 0.0717 e. The zero-order chi connectivity index (χ0) is 18.4. The normalized spacial score (nSPS) is 20.1. The van der Waals surface area contributed by atoms with Crippen LogP contribution in [0, 0.1) is 22.7 Å². The Morgan fingerprint density at radius 2 is 1.38 bits per heavy atom. The van der Waals surface area contributed by atoms with Gasteiger partial charge in [0.15, 0.2) is 0 Å². The lowest BCUT2D eigenvalue weighted by Crippen LogP contribution is -2.24. The summed E-state index contributed by atoms with van der Waals surface area (Å²) < 4.78 is 5.27. The topological polar surface area (TPSA) is 71.0 Å². The summed E-state index contributed by atoms with van der Waals surface area (Å²) in [5.41, 5.74) is 0. The lowest BCUT2D eigenvalue weighted by molar-refractivity contribution is 0.225. The molecule has 0 radical (unpaired) electrons. The zero-order valence-corrected chi connectivity index (χ0v) is 18.8. The monoisotopic (exact) mass is 459 g/mol. The van der Waals surface area contributed by atoms with E-state index < -0.39 is 0 Å². The fraction of sp³-hybridized carbons (Fsp3) is 0.500. The highest BCUT2D eigenvalue weighted by molar-refractivity contribution is 8.42. The van der Waals surface area contributed by atoms with Gasteiger partial charge in [0, 0.05) is 53.8 Å².